The zero-order valence-electron chi connectivity index (χ0n) is 18.8. The SMILES string of the molecule is CCCCC(=O)Nc1cccc(NC(=S)NC(=O)c2ccc(N3CCOCC3)c([N+](=O)[O-])c2)c1. The van der Waals surface area contributed by atoms with Crippen LogP contribution in [0.2, 0.25) is 0 Å². The Bertz CT molecular complexity index is 1070. The zero-order valence-corrected chi connectivity index (χ0v) is 19.7. The van der Waals surface area contributed by atoms with Crippen molar-refractivity contribution in [1.82, 2.24) is 5.32 Å². The quantitative estimate of drug-likeness (QED) is 0.294. The van der Waals surface area contributed by atoms with Crippen molar-refractivity contribution in [2.24, 2.45) is 0 Å². The summed E-state index contributed by atoms with van der Waals surface area (Å²) in [5, 5.41) is 19.9. The number of carbonyl (C=O) groups is 2. The van der Waals surface area contributed by atoms with Crippen molar-refractivity contribution in [3.8, 4) is 0 Å². The number of ether oxygens (including phenoxy) is 1. The predicted molar refractivity (Wildman–Crippen MR) is 134 cm³/mol. The summed E-state index contributed by atoms with van der Waals surface area (Å²) in [6, 6.07) is 11.3. The Labute approximate surface area is 202 Å². The van der Waals surface area contributed by atoms with E-state index >= 15 is 0 Å². The molecule has 0 saturated carbocycles. The number of nitrogens with one attached hydrogen (secondary N) is 3. The number of nitrogens with zero attached hydrogens (tertiary/aromatic N) is 2. The molecule has 0 spiro atoms. The number of hydrogen-bond donors (Lipinski definition) is 3. The number of amides is 2. The van der Waals surface area contributed by atoms with Gasteiger partial charge in [0, 0.05) is 42.5 Å². The van der Waals surface area contributed by atoms with Crippen molar-refractivity contribution in [3.63, 3.8) is 0 Å². The Morgan fingerprint density at radius 3 is 2.50 bits per heavy atom. The molecule has 11 heteroatoms. The maximum Gasteiger partial charge on any atom is 0.293 e. The van der Waals surface area contributed by atoms with Crippen LogP contribution >= 0.6 is 12.2 Å². The van der Waals surface area contributed by atoms with E-state index in [0.29, 0.717) is 49.8 Å². The van der Waals surface area contributed by atoms with Crippen LogP contribution in [-0.4, -0.2) is 48.2 Å². The van der Waals surface area contributed by atoms with Gasteiger partial charge in [-0.15, -0.1) is 0 Å². The van der Waals surface area contributed by atoms with Crippen LogP contribution < -0.4 is 20.9 Å². The minimum atomic E-state index is -0.571. The number of nitro benzene ring substituents is 1. The van der Waals surface area contributed by atoms with Crippen molar-refractivity contribution in [1.29, 1.82) is 0 Å². The highest BCUT2D eigenvalue weighted by atomic mass is 32.1. The van der Waals surface area contributed by atoms with Gasteiger partial charge in [0.15, 0.2) is 5.11 Å². The van der Waals surface area contributed by atoms with Gasteiger partial charge in [0.25, 0.3) is 11.6 Å². The number of unbranched alkanes of at least 4 members (excludes halogenated alkanes) is 1. The number of nitro groups is 1. The molecule has 0 atom stereocenters. The molecule has 1 heterocycles. The van der Waals surface area contributed by atoms with Gasteiger partial charge < -0.3 is 20.3 Å². The van der Waals surface area contributed by atoms with Gasteiger partial charge in [-0.3, -0.25) is 25.0 Å². The van der Waals surface area contributed by atoms with Crippen LogP contribution in [0.5, 0.6) is 0 Å². The van der Waals surface area contributed by atoms with Crippen LogP contribution in [-0.2, 0) is 9.53 Å². The van der Waals surface area contributed by atoms with E-state index in [0.717, 1.165) is 12.8 Å². The number of benzene rings is 2. The summed E-state index contributed by atoms with van der Waals surface area (Å²) in [5.41, 5.74) is 1.59. The van der Waals surface area contributed by atoms with E-state index < -0.39 is 10.8 Å². The third kappa shape index (κ3) is 6.96. The first-order valence-electron chi connectivity index (χ1n) is 11.0. The first-order chi connectivity index (χ1) is 16.4. The second kappa shape index (κ2) is 12.1. The number of carbonyl (C=O) groups excluding carboxylic acids is 2. The van der Waals surface area contributed by atoms with Crippen molar-refractivity contribution >= 4 is 51.9 Å². The molecule has 1 aliphatic heterocycles. The van der Waals surface area contributed by atoms with Crippen LogP contribution in [0.3, 0.4) is 0 Å². The summed E-state index contributed by atoms with van der Waals surface area (Å²) in [6.07, 6.45) is 2.19. The second-order valence-corrected chi connectivity index (χ2v) is 8.11. The van der Waals surface area contributed by atoms with Crippen LogP contribution in [0, 0.1) is 10.1 Å². The highest BCUT2D eigenvalue weighted by Crippen LogP contribution is 2.30. The Morgan fingerprint density at radius 1 is 1.12 bits per heavy atom. The first-order valence-corrected chi connectivity index (χ1v) is 11.4. The predicted octanol–water partition coefficient (Wildman–Crippen LogP) is 3.69. The molecular formula is C23H27N5O5S. The molecule has 1 aliphatic rings. The Morgan fingerprint density at radius 2 is 1.82 bits per heavy atom. The minimum Gasteiger partial charge on any atom is -0.378 e. The molecule has 0 aliphatic carbocycles. The number of anilines is 3. The molecule has 0 unspecified atom stereocenters. The topological polar surface area (TPSA) is 126 Å². The highest BCUT2D eigenvalue weighted by Gasteiger charge is 2.23. The maximum atomic E-state index is 12.7. The summed E-state index contributed by atoms with van der Waals surface area (Å²) in [5.74, 6) is -0.643. The average Bonchev–Trinajstić information content (AvgIpc) is 2.83. The summed E-state index contributed by atoms with van der Waals surface area (Å²) in [7, 11) is 0. The lowest BCUT2D eigenvalue weighted by molar-refractivity contribution is -0.384. The summed E-state index contributed by atoms with van der Waals surface area (Å²) in [6.45, 7) is 4.08. The van der Waals surface area contributed by atoms with Crippen molar-refractivity contribution in [3.05, 3.63) is 58.1 Å². The fraction of sp³-hybridized carbons (Fsp3) is 0.348. The number of hydrogen-bond acceptors (Lipinski definition) is 7. The molecule has 34 heavy (non-hydrogen) atoms. The number of thiocarbonyl (C=S) groups is 1. The van der Waals surface area contributed by atoms with Crippen LogP contribution in [0.25, 0.3) is 0 Å². The van der Waals surface area contributed by atoms with E-state index in [9.17, 15) is 19.7 Å². The fourth-order valence-electron chi connectivity index (χ4n) is 3.46. The number of rotatable bonds is 8. The van der Waals surface area contributed by atoms with E-state index in [1.54, 1.807) is 30.3 Å². The highest BCUT2D eigenvalue weighted by molar-refractivity contribution is 7.80. The monoisotopic (exact) mass is 485 g/mol. The molecule has 0 bridgehead atoms. The molecule has 2 amide bonds. The van der Waals surface area contributed by atoms with Gasteiger partial charge in [0.1, 0.15) is 5.69 Å². The third-order valence-electron chi connectivity index (χ3n) is 5.17. The van der Waals surface area contributed by atoms with Gasteiger partial charge in [-0.1, -0.05) is 19.4 Å². The lowest BCUT2D eigenvalue weighted by Crippen LogP contribution is -2.37. The molecule has 2 aromatic carbocycles. The Kier molecular flexibility index (Phi) is 8.88. The largest absolute Gasteiger partial charge is 0.378 e. The van der Waals surface area contributed by atoms with Crippen molar-refractivity contribution in [2.45, 2.75) is 26.2 Å². The third-order valence-corrected chi connectivity index (χ3v) is 5.38. The first kappa shape index (κ1) is 25.1. The minimum absolute atomic E-state index is 0.0272. The summed E-state index contributed by atoms with van der Waals surface area (Å²) >= 11 is 5.23. The molecule has 10 nitrogen and oxygen atoms in total. The van der Waals surface area contributed by atoms with E-state index in [2.05, 4.69) is 16.0 Å². The van der Waals surface area contributed by atoms with Gasteiger partial charge >= 0.3 is 0 Å². The Balaban J connectivity index is 1.64. The molecule has 180 valence electrons. The molecule has 3 N–H and O–H groups in total. The standard InChI is InChI=1S/C23H27N5O5S/c1-2-3-7-21(29)24-17-5-4-6-18(15-17)25-23(34)26-22(30)16-8-9-19(20(14-16)28(31)32)27-10-12-33-13-11-27/h4-6,8-9,14-15H,2-3,7,10-13H2,1H3,(H,24,29)(H2,25,26,30,34). The van der Waals surface area contributed by atoms with Gasteiger partial charge in [-0.05, 0) is 49.0 Å². The van der Waals surface area contributed by atoms with Crippen molar-refractivity contribution < 1.29 is 19.2 Å². The lowest BCUT2D eigenvalue weighted by Gasteiger charge is -2.28. The average molecular weight is 486 g/mol. The zero-order chi connectivity index (χ0) is 24.5. The van der Waals surface area contributed by atoms with Gasteiger partial charge in [-0.2, -0.15) is 0 Å². The van der Waals surface area contributed by atoms with Gasteiger partial charge in [0.2, 0.25) is 5.91 Å². The van der Waals surface area contributed by atoms with E-state index in [-0.39, 0.29) is 22.3 Å². The van der Waals surface area contributed by atoms with Gasteiger partial charge in [0.05, 0.1) is 18.1 Å². The molecule has 1 fully saturated rings. The molecule has 1 saturated heterocycles. The van der Waals surface area contributed by atoms with Crippen LogP contribution in [0.15, 0.2) is 42.5 Å². The molecular weight excluding hydrogens is 458 g/mol. The lowest BCUT2D eigenvalue weighted by atomic mass is 10.1. The van der Waals surface area contributed by atoms with E-state index in [1.165, 1.54) is 12.1 Å². The van der Waals surface area contributed by atoms with Gasteiger partial charge in [-0.25, -0.2) is 0 Å². The smallest absolute Gasteiger partial charge is 0.293 e. The second-order valence-electron chi connectivity index (χ2n) is 7.70. The Hall–Kier alpha value is -3.57. The van der Waals surface area contributed by atoms with Crippen LogP contribution in [0.1, 0.15) is 36.5 Å². The summed E-state index contributed by atoms with van der Waals surface area (Å²) < 4.78 is 5.30. The molecule has 2 aromatic rings. The fourth-order valence-corrected chi connectivity index (χ4v) is 3.67. The normalized spacial score (nSPS) is 13.1. The van der Waals surface area contributed by atoms with Crippen molar-refractivity contribution in [2.75, 3.05) is 41.8 Å². The maximum absolute atomic E-state index is 12.7. The molecule has 0 aromatic heterocycles. The van der Waals surface area contributed by atoms with E-state index in [4.69, 9.17) is 17.0 Å². The summed E-state index contributed by atoms with van der Waals surface area (Å²) in [4.78, 5) is 37.6. The molecule has 3 rings (SSSR count). The molecule has 0 radical (unpaired) electrons. The van der Waals surface area contributed by atoms with E-state index in [1.807, 2.05) is 11.8 Å². The van der Waals surface area contributed by atoms with Crippen LogP contribution in [0.4, 0.5) is 22.7 Å². The number of morpholine rings is 1.